The van der Waals surface area contributed by atoms with Crippen LogP contribution in [-0.2, 0) is 9.59 Å². The third kappa shape index (κ3) is 2.60. The molecule has 5 rings (SSSR count). The zero-order valence-corrected chi connectivity index (χ0v) is 16.0. The smallest absolute Gasteiger partial charge is 0.307 e. The van der Waals surface area contributed by atoms with E-state index in [4.69, 9.17) is 9.47 Å². The molecule has 0 spiro atoms. The normalized spacial score (nSPS) is 33.3. The molecule has 6 atom stereocenters. The Hall–Kier alpha value is -2.02. The fraction of sp³-hybridized carbons (Fsp3) is 0.474. The van der Waals surface area contributed by atoms with Gasteiger partial charge in [-0.05, 0) is 46.0 Å². The van der Waals surface area contributed by atoms with Gasteiger partial charge >= 0.3 is 5.97 Å². The molecule has 0 unspecified atom stereocenters. The van der Waals surface area contributed by atoms with E-state index in [0.717, 1.165) is 6.42 Å². The highest BCUT2D eigenvalue weighted by atomic mass is 79.9. The number of hydrogen-bond donors (Lipinski definition) is 2. The summed E-state index contributed by atoms with van der Waals surface area (Å²) in [5.41, 5.74) is 0.472. The van der Waals surface area contributed by atoms with Crippen LogP contribution >= 0.6 is 15.9 Å². The summed E-state index contributed by atoms with van der Waals surface area (Å²) >= 11 is 3.39. The van der Waals surface area contributed by atoms with Gasteiger partial charge in [0.15, 0.2) is 0 Å². The number of anilines is 1. The van der Waals surface area contributed by atoms with Crippen molar-refractivity contribution in [2.45, 2.75) is 6.42 Å². The second-order valence-electron chi connectivity index (χ2n) is 7.17. The maximum atomic E-state index is 13.1. The minimum atomic E-state index is -0.893. The number of carboxylic acids is 1. The van der Waals surface area contributed by atoms with Crippen molar-refractivity contribution < 1.29 is 24.2 Å². The van der Waals surface area contributed by atoms with Gasteiger partial charge in [0.2, 0.25) is 5.91 Å². The predicted octanol–water partition coefficient (Wildman–Crippen LogP) is 3.17. The monoisotopic (exact) mass is 421 g/mol. The minimum Gasteiger partial charge on any atom is -0.495 e. The van der Waals surface area contributed by atoms with Gasteiger partial charge in [0.1, 0.15) is 11.5 Å². The van der Waals surface area contributed by atoms with E-state index in [2.05, 4.69) is 21.2 Å². The summed E-state index contributed by atoms with van der Waals surface area (Å²) in [5.74, 6) is -0.534. The van der Waals surface area contributed by atoms with Crippen molar-refractivity contribution in [1.82, 2.24) is 0 Å². The van der Waals surface area contributed by atoms with Crippen LogP contribution in [0.4, 0.5) is 5.69 Å². The molecule has 1 aromatic rings. The summed E-state index contributed by atoms with van der Waals surface area (Å²) in [4.78, 5) is 25.0. The van der Waals surface area contributed by atoms with Gasteiger partial charge in [-0.3, -0.25) is 9.59 Å². The summed E-state index contributed by atoms with van der Waals surface area (Å²) in [5, 5.41) is 12.6. The third-order valence-electron chi connectivity index (χ3n) is 5.97. The maximum absolute atomic E-state index is 13.1. The van der Waals surface area contributed by atoms with Crippen molar-refractivity contribution in [1.29, 1.82) is 0 Å². The first-order valence-electron chi connectivity index (χ1n) is 8.59. The lowest BCUT2D eigenvalue weighted by Gasteiger charge is -2.41. The third-order valence-corrected chi connectivity index (χ3v) is 6.59. The maximum Gasteiger partial charge on any atom is 0.307 e. The average Bonchev–Trinajstić information content (AvgIpc) is 3.44. The lowest BCUT2D eigenvalue weighted by atomic mass is 9.62. The number of benzene rings is 1. The number of carbonyl (C=O) groups excluding carboxylic acids is 1. The number of hydrogen-bond acceptors (Lipinski definition) is 4. The van der Waals surface area contributed by atoms with Gasteiger partial charge in [0, 0.05) is 12.1 Å². The standard InChI is InChI=1S/C19H20BrNO5/c1-25-14-7-13(15(26-2)6-12(14)20)21-18(22)16-8-3-4-9(11-5-10(8)11)17(16)19(23)24/h3-4,6-11,16-17H,5H2,1-2H3,(H,21,22)(H,23,24)/t8-,9-,10-,11-,16-,17+/m1/s1. The van der Waals surface area contributed by atoms with Crippen LogP contribution < -0.4 is 14.8 Å². The Labute approximate surface area is 159 Å². The first-order chi connectivity index (χ1) is 12.5. The van der Waals surface area contributed by atoms with Crippen LogP contribution in [0.5, 0.6) is 11.5 Å². The fourth-order valence-corrected chi connectivity index (χ4v) is 5.23. The van der Waals surface area contributed by atoms with Gasteiger partial charge in [0.25, 0.3) is 0 Å². The Morgan fingerprint density at radius 1 is 1.08 bits per heavy atom. The molecule has 0 heterocycles. The quantitative estimate of drug-likeness (QED) is 0.713. The molecule has 2 fully saturated rings. The molecule has 0 saturated heterocycles. The number of fused-ring (bicyclic) bond motifs is 1. The van der Waals surface area contributed by atoms with Gasteiger partial charge in [-0.15, -0.1) is 0 Å². The van der Waals surface area contributed by atoms with Crippen molar-refractivity contribution in [2.24, 2.45) is 35.5 Å². The largest absolute Gasteiger partial charge is 0.495 e. The minimum absolute atomic E-state index is 0.00515. The SMILES string of the molecule is COc1cc(NC(=O)[C@@H]2[C@@H]3C=C[C@H]([C@H]4C[C@H]34)[C@@H]2C(=O)O)c(OC)cc1Br. The van der Waals surface area contributed by atoms with Crippen molar-refractivity contribution in [3.05, 3.63) is 28.8 Å². The number of carbonyl (C=O) groups is 2. The highest BCUT2D eigenvalue weighted by Crippen LogP contribution is 2.63. The zero-order chi connectivity index (χ0) is 18.6. The first kappa shape index (κ1) is 17.4. The molecule has 0 radical (unpaired) electrons. The summed E-state index contributed by atoms with van der Waals surface area (Å²) in [6, 6.07) is 3.39. The molecule has 6 nitrogen and oxygen atoms in total. The van der Waals surface area contributed by atoms with E-state index in [-0.39, 0.29) is 17.7 Å². The van der Waals surface area contributed by atoms with Crippen LogP contribution in [0.25, 0.3) is 0 Å². The molecule has 1 amide bonds. The van der Waals surface area contributed by atoms with Gasteiger partial charge in [-0.25, -0.2) is 0 Å². The highest BCUT2D eigenvalue weighted by Gasteiger charge is 2.63. The number of nitrogens with one attached hydrogen (secondary N) is 1. The highest BCUT2D eigenvalue weighted by molar-refractivity contribution is 9.10. The molecule has 0 aliphatic heterocycles. The van der Waals surface area contributed by atoms with Crippen LogP contribution in [-0.4, -0.2) is 31.2 Å². The summed E-state index contributed by atoms with van der Waals surface area (Å²) < 4.78 is 11.3. The fourth-order valence-electron chi connectivity index (χ4n) is 4.74. The van der Waals surface area contributed by atoms with Gasteiger partial charge in [0.05, 0.1) is 36.2 Å². The molecule has 4 aliphatic rings. The van der Waals surface area contributed by atoms with Crippen LogP contribution in [0.2, 0.25) is 0 Å². The summed E-state index contributed by atoms with van der Waals surface area (Å²) in [7, 11) is 3.06. The average molecular weight is 422 g/mol. The summed E-state index contributed by atoms with van der Waals surface area (Å²) in [6.07, 6.45) is 5.07. The van der Waals surface area contributed by atoms with Crippen molar-refractivity contribution in [3.8, 4) is 11.5 Å². The second kappa shape index (κ2) is 6.30. The molecule has 2 saturated carbocycles. The number of allylic oxidation sites excluding steroid dienone is 2. The summed E-state index contributed by atoms with van der Waals surface area (Å²) in [6.45, 7) is 0. The number of halogens is 1. The van der Waals surface area contributed by atoms with E-state index < -0.39 is 17.8 Å². The van der Waals surface area contributed by atoms with Crippen molar-refractivity contribution in [3.63, 3.8) is 0 Å². The van der Waals surface area contributed by atoms with E-state index in [1.807, 2.05) is 12.2 Å². The number of ether oxygens (including phenoxy) is 2. The zero-order valence-electron chi connectivity index (χ0n) is 14.4. The molecule has 0 aromatic heterocycles. The Bertz CT molecular complexity index is 807. The Morgan fingerprint density at radius 2 is 1.69 bits per heavy atom. The van der Waals surface area contributed by atoms with E-state index in [9.17, 15) is 14.7 Å². The lowest BCUT2D eigenvalue weighted by molar-refractivity contribution is -0.152. The number of carboxylic acid groups (broad SMARTS) is 1. The number of amides is 1. The second-order valence-corrected chi connectivity index (χ2v) is 8.02. The lowest BCUT2D eigenvalue weighted by Crippen LogP contribution is -2.48. The van der Waals surface area contributed by atoms with Gasteiger partial charge in [-0.1, -0.05) is 12.2 Å². The van der Waals surface area contributed by atoms with Crippen molar-refractivity contribution >= 4 is 33.5 Å². The molecule has 2 bridgehead atoms. The molecular formula is C19H20BrNO5. The van der Waals surface area contributed by atoms with E-state index in [1.165, 1.54) is 14.2 Å². The van der Waals surface area contributed by atoms with Crippen LogP contribution in [0.1, 0.15) is 6.42 Å². The Morgan fingerprint density at radius 3 is 2.27 bits per heavy atom. The Balaban J connectivity index is 1.64. The molecule has 4 aliphatic carbocycles. The van der Waals surface area contributed by atoms with Gasteiger partial charge in [-0.2, -0.15) is 0 Å². The van der Waals surface area contributed by atoms with Crippen LogP contribution in [0.3, 0.4) is 0 Å². The number of methoxy groups -OCH3 is 2. The molecule has 7 heteroatoms. The van der Waals surface area contributed by atoms with Crippen molar-refractivity contribution in [2.75, 3.05) is 19.5 Å². The van der Waals surface area contributed by atoms with E-state index in [1.54, 1.807) is 12.1 Å². The van der Waals surface area contributed by atoms with Crippen LogP contribution in [0, 0.1) is 35.5 Å². The molecule has 138 valence electrons. The van der Waals surface area contributed by atoms with E-state index >= 15 is 0 Å². The topological polar surface area (TPSA) is 84.9 Å². The van der Waals surface area contributed by atoms with E-state index in [0.29, 0.717) is 33.5 Å². The molecule has 1 aromatic carbocycles. The first-order valence-corrected chi connectivity index (χ1v) is 9.39. The number of aliphatic carboxylic acids is 1. The van der Waals surface area contributed by atoms with Crippen LogP contribution in [0.15, 0.2) is 28.8 Å². The predicted molar refractivity (Wildman–Crippen MR) is 98.2 cm³/mol. The van der Waals surface area contributed by atoms with Gasteiger partial charge < -0.3 is 19.9 Å². The Kier molecular flexibility index (Phi) is 4.22. The molecule has 26 heavy (non-hydrogen) atoms. The number of rotatable bonds is 5. The molecular weight excluding hydrogens is 402 g/mol. The molecule has 2 N–H and O–H groups in total.